The molecule has 0 unspecified atom stereocenters. The molecule has 34 heavy (non-hydrogen) atoms. The van der Waals surface area contributed by atoms with E-state index in [1.807, 2.05) is 95.6 Å². The SMILES string of the molecule is O=c1nc(-c2ccc([N+](=O)[O-])cc2)n(-c2ccccc2)c(-c2ccccc2)c1-c1ccccc1. The zero-order valence-corrected chi connectivity index (χ0v) is 18.0. The third-order valence-electron chi connectivity index (χ3n) is 5.55. The molecule has 1 aromatic heterocycles. The zero-order valence-electron chi connectivity index (χ0n) is 18.0. The highest BCUT2D eigenvalue weighted by Crippen LogP contribution is 2.35. The number of non-ortho nitro benzene ring substituents is 1. The second-order valence-electron chi connectivity index (χ2n) is 7.67. The van der Waals surface area contributed by atoms with Crippen molar-refractivity contribution in [2.75, 3.05) is 0 Å². The Labute approximate surface area is 195 Å². The molecule has 0 atom stereocenters. The first kappa shape index (κ1) is 21.0. The molecule has 1 heterocycles. The van der Waals surface area contributed by atoms with Crippen molar-refractivity contribution in [1.82, 2.24) is 9.55 Å². The molecule has 0 saturated heterocycles. The van der Waals surface area contributed by atoms with Gasteiger partial charge in [0.25, 0.3) is 11.2 Å². The van der Waals surface area contributed by atoms with E-state index in [-0.39, 0.29) is 11.2 Å². The summed E-state index contributed by atoms with van der Waals surface area (Å²) < 4.78 is 1.94. The standard InChI is InChI=1S/C28H19N3O3/c32-28-25(20-10-4-1-5-11-20)26(21-12-6-2-7-13-21)30(23-14-8-3-9-15-23)27(29-28)22-16-18-24(19-17-22)31(33)34/h1-19H. The van der Waals surface area contributed by atoms with Gasteiger partial charge >= 0.3 is 0 Å². The Morgan fingerprint density at radius 2 is 1.18 bits per heavy atom. The summed E-state index contributed by atoms with van der Waals surface area (Å²) in [7, 11) is 0. The van der Waals surface area contributed by atoms with Crippen LogP contribution in [0.2, 0.25) is 0 Å². The van der Waals surface area contributed by atoms with Crippen LogP contribution >= 0.6 is 0 Å². The van der Waals surface area contributed by atoms with E-state index >= 15 is 0 Å². The van der Waals surface area contributed by atoms with Gasteiger partial charge in [-0.1, -0.05) is 78.9 Å². The van der Waals surface area contributed by atoms with Gasteiger partial charge in [0.15, 0.2) is 0 Å². The number of nitro groups is 1. The smallest absolute Gasteiger partial charge is 0.281 e. The predicted octanol–water partition coefficient (Wildman–Crippen LogP) is 6.14. The van der Waals surface area contributed by atoms with Crippen molar-refractivity contribution in [3.8, 4) is 39.5 Å². The monoisotopic (exact) mass is 445 g/mol. The molecule has 5 aromatic rings. The number of nitrogens with zero attached hydrogens (tertiary/aromatic N) is 3. The Bertz CT molecular complexity index is 1510. The molecule has 0 N–H and O–H groups in total. The number of aromatic nitrogens is 2. The molecule has 4 aromatic carbocycles. The lowest BCUT2D eigenvalue weighted by Crippen LogP contribution is -2.19. The van der Waals surface area contributed by atoms with Crippen LogP contribution in [0.15, 0.2) is 120 Å². The van der Waals surface area contributed by atoms with Gasteiger partial charge in [0.2, 0.25) is 0 Å². The van der Waals surface area contributed by atoms with E-state index in [2.05, 4.69) is 4.98 Å². The average molecular weight is 445 g/mol. The number of nitro benzene ring substituents is 1. The van der Waals surface area contributed by atoms with Gasteiger partial charge in [-0.15, -0.1) is 0 Å². The molecule has 0 aliphatic carbocycles. The van der Waals surface area contributed by atoms with E-state index in [0.717, 1.165) is 16.8 Å². The van der Waals surface area contributed by atoms with Crippen LogP contribution in [0.25, 0.3) is 39.5 Å². The van der Waals surface area contributed by atoms with Crippen LogP contribution in [0, 0.1) is 10.1 Å². The highest BCUT2D eigenvalue weighted by atomic mass is 16.6. The summed E-state index contributed by atoms with van der Waals surface area (Å²) in [6.45, 7) is 0. The summed E-state index contributed by atoms with van der Waals surface area (Å²) in [5.74, 6) is 0.407. The van der Waals surface area contributed by atoms with Crippen molar-refractivity contribution in [3.63, 3.8) is 0 Å². The van der Waals surface area contributed by atoms with Gasteiger partial charge in [-0.3, -0.25) is 19.5 Å². The number of hydrogen-bond acceptors (Lipinski definition) is 4. The molecule has 6 nitrogen and oxygen atoms in total. The van der Waals surface area contributed by atoms with Gasteiger partial charge in [-0.05, 0) is 35.4 Å². The Morgan fingerprint density at radius 1 is 0.647 bits per heavy atom. The molecule has 0 fully saturated rings. The molecule has 0 aliphatic heterocycles. The number of para-hydroxylation sites is 1. The van der Waals surface area contributed by atoms with Gasteiger partial charge in [0.1, 0.15) is 5.82 Å². The Morgan fingerprint density at radius 3 is 1.74 bits per heavy atom. The minimum absolute atomic E-state index is 0.0263. The van der Waals surface area contributed by atoms with Crippen molar-refractivity contribution in [1.29, 1.82) is 0 Å². The molecular weight excluding hydrogens is 426 g/mol. The maximum atomic E-state index is 13.5. The largest absolute Gasteiger partial charge is 0.293 e. The fraction of sp³-hybridized carbons (Fsp3) is 0. The van der Waals surface area contributed by atoms with E-state index in [4.69, 9.17) is 0 Å². The maximum Gasteiger partial charge on any atom is 0.281 e. The van der Waals surface area contributed by atoms with Crippen molar-refractivity contribution >= 4 is 5.69 Å². The van der Waals surface area contributed by atoms with Gasteiger partial charge < -0.3 is 0 Å². The first-order valence-corrected chi connectivity index (χ1v) is 10.7. The molecule has 0 spiro atoms. The molecule has 0 radical (unpaired) electrons. The molecule has 164 valence electrons. The Hall–Kier alpha value is -4.84. The Kier molecular flexibility index (Phi) is 5.54. The van der Waals surface area contributed by atoms with Crippen LogP contribution in [-0.4, -0.2) is 14.5 Å². The fourth-order valence-electron chi connectivity index (χ4n) is 4.01. The fourth-order valence-corrected chi connectivity index (χ4v) is 4.01. The first-order valence-electron chi connectivity index (χ1n) is 10.7. The van der Waals surface area contributed by atoms with Crippen LogP contribution in [0.4, 0.5) is 5.69 Å². The molecule has 0 amide bonds. The number of benzene rings is 4. The minimum atomic E-state index is -0.449. The van der Waals surface area contributed by atoms with Crippen LogP contribution in [0.1, 0.15) is 0 Å². The molecule has 0 saturated carbocycles. The van der Waals surface area contributed by atoms with E-state index < -0.39 is 4.92 Å². The van der Waals surface area contributed by atoms with E-state index in [0.29, 0.717) is 22.6 Å². The highest BCUT2D eigenvalue weighted by Gasteiger charge is 2.22. The van der Waals surface area contributed by atoms with Gasteiger partial charge in [0, 0.05) is 23.4 Å². The first-order chi connectivity index (χ1) is 16.6. The summed E-state index contributed by atoms with van der Waals surface area (Å²) in [4.78, 5) is 28.7. The van der Waals surface area contributed by atoms with Gasteiger partial charge in [0.05, 0.1) is 16.2 Å². The average Bonchev–Trinajstić information content (AvgIpc) is 2.89. The molecule has 0 bridgehead atoms. The van der Waals surface area contributed by atoms with Crippen LogP contribution in [0.5, 0.6) is 0 Å². The summed E-state index contributed by atoms with van der Waals surface area (Å²) in [6.07, 6.45) is 0. The zero-order chi connectivity index (χ0) is 23.5. The lowest BCUT2D eigenvalue weighted by atomic mass is 9.99. The Balaban J connectivity index is 1.91. The van der Waals surface area contributed by atoms with E-state index in [1.165, 1.54) is 12.1 Å². The lowest BCUT2D eigenvalue weighted by Gasteiger charge is -2.21. The topological polar surface area (TPSA) is 78.0 Å². The quantitative estimate of drug-likeness (QED) is 0.240. The molecular formula is C28H19N3O3. The normalized spacial score (nSPS) is 10.7. The minimum Gasteiger partial charge on any atom is -0.293 e. The second kappa shape index (κ2) is 8.96. The van der Waals surface area contributed by atoms with Crippen molar-refractivity contribution in [2.45, 2.75) is 0 Å². The van der Waals surface area contributed by atoms with Crippen LogP contribution in [-0.2, 0) is 0 Å². The van der Waals surface area contributed by atoms with E-state index in [1.54, 1.807) is 12.1 Å². The third kappa shape index (κ3) is 3.89. The van der Waals surface area contributed by atoms with Crippen LogP contribution < -0.4 is 5.56 Å². The van der Waals surface area contributed by atoms with Crippen LogP contribution in [0.3, 0.4) is 0 Å². The summed E-state index contributed by atoms with van der Waals surface area (Å²) in [5.41, 5.74) is 3.83. The number of rotatable bonds is 5. The summed E-state index contributed by atoms with van der Waals surface area (Å²) in [5, 5.41) is 11.2. The third-order valence-corrected chi connectivity index (χ3v) is 5.55. The number of hydrogen-bond donors (Lipinski definition) is 0. The molecule has 5 rings (SSSR count). The predicted molar refractivity (Wildman–Crippen MR) is 133 cm³/mol. The van der Waals surface area contributed by atoms with Gasteiger partial charge in [-0.2, -0.15) is 4.98 Å². The van der Waals surface area contributed by atoms with Crippen molar-refractivity contribution in [3.05, 3.63) is 136 Å². The summed E-state index contributed by atoms with van der Waals surface area (Å²) in [6, 6.07) is 34.9. The van der Waals surface area contributed by atoms with E-state index in [9.17, 15) is 14.9 Å². The maximum absolute atomic E-state index is 13.5. The van der Waals surface area contributed by atoms with Crippen molar-refractivity contribution in [2.24, 2.45) is 0 Å². The molecule has 0 aliphatic rings. The van der Waals surface area contributed by atoms with Gasteiger partial charge in [-0.25, -0.2) is 0 Å². The highest BCUT2D eigenvalue weighted by molar-refractivity contribution is 5.83. The van der Waals surface area contributed by atoms with Crippen molar-refractivity contribution < 1.29 is 4.92 Å². The molecule has 6 heteroatoms. The lowest BCUT2D eigenvalue weighted by molar-refractivity contribution is -0.384. The second-order valence-corrected chi connectivity index (χ2v) is 7.67. The summed E-state index contributed by atoms with van der Waals surface area (Å²) >= 11 is 0.